The summed E-state index contributed by atoms with van der Waals surface area (Å²) in [4.78, 5) is 2.95. The Morgan fingerprint density at radius 1 is 0.750 bits per heavy atom. The van der Waals surface area contributed by atoms with E-state index in [-0.39, 0.29) is 5.41 Å². The minimum Gasteiger partial charge on any atom is -0.362 e. The van der Waals surface area contributed by atoms with Crippen molar-refractivity contribution in [2.75, 3.05) is 4.90 Å². The molecule has 1 heteroatoms. The predicted molar refractivity (Wildman–Crippen MR) is 118 cm³/mol. The molecular weight excluding hydrogens is 338 g/mol. The number of fused-ring (bicyclic) bond motifs is 3. The standard InChI is InChI=1S/C27H33N/c1-24(2)21-18-20(19-8-6-5-7-9-19)10-11-22(21)28-23-26(24,4)14-17-27(23)15-12-25(28,3)13-16-27/h5-11,18,23H,12-17H2,1-4H3. The Kier molecular flexibility index (Phi) is 3.08. The molecule has 4 fully saturated rings. The molecule has 2 unspecified atom stereocenters. The van der Waals surface area contributed by atoms with Gasteiger partial charge in [-0.1, -0.05) is 57.2 Å². The Morgan fingerprint density at radius 3 is 2.14 bits per heavy atom. The summed E-state index contributed by atoms with van der Waals surface area (Å²) >= 11 is 0. The lowest BCUT2D eigenvalue weighted by atomic mass is 9.49. The molecular formula is C27H33N. The number of hydrogen-bond acceptors (Lipinski definition) is 1. The zero-order chi connectivity index (χ0) is 19.4. The van der Waals surface area contributed by atoms with Crippen LogP contribution in [0.4, 0.5) is 5.69 Å². The van der Waals surface area contributed by atoms with Crippen molar-refractivity contribution in [3.8, 4) is 11.1 Å². The van der Waals surface area contributed by atoms with Gasteiger partial charge < -0.3 is 4.90 Å². The summed E-state index contributed by atoms with van der Waals surface area (Å²) in [6.07, 6.45) is 8.47. The van der Waals surface area contributed by atoms with E-state index in [2.05, 4.69) is 81.1 Å². The van der Waals surface area contributed by atoms with E-state index >= 15 is 0 Å². The van der Waals surface area contributed by atoms with Crippen LogP contribution in [0, 0.1) is 10.8 Å². The maximum absolute atomic E-state index is 2.95. The van der Waals surface area contributed by atoms with E-state index in [1.54, 1.807) is 11.3 Å². The summed E-state index contributed by atoms with van der Waals surface area (Å²) in [7, 11) is 0. The molecule has 2 atom stereocenters. The Balaban J connectivity index is 1.61. The Labute approximate surface area is 170 Å². The van der Waals surface area contributed by atoms with Gasteiger partial charge in [-0.3, -0.25) is 0 Å². The summed E-state index contributed by atoms with van der Waals surface area (Å²) in [6.45, 7) is 10.3. The summed E-state index contributed by atoms with van der Waals surface area (Å²) in [6, 6.07) is 19.0. The Hall–Kier alpha value is -1.76. The molecule has 2 saturated heterocycles. The first kappa shape index (κ1) is 17.1. The number of anilines is 1. The summed E-state index contributed by atoms with van der Waals surface area (Å²) in [5, 5.41) is 0. The molecule has 1 spiro atoms. The van der Waals surface area contributed by atoms with E-state index in [4.69, 9.17) is 0 Å². The van der Waals surface area contributed by atoms with Gasteiger partial charge >= 0.3 is 0 Å². The van der Waals surface area contributed by atoms with Crippen LogP contribution >= 0.6 is 0 Å². The molecule has 5 aliphatic rings. The summed E-state index contributed by atoms with van der Waals surface area (Å²) in [5.41, 5.74) is 7.30. The first-order chi connectivity index (χ1) is 13.3. The summed E-state index contributed by atoms with van der Waals surface area (Å²) in [5.74, 6) is 0. The van der Waals surface area contributed by atoms with Crippen LogP contribution in [0.15, 0.2) is 48.5 Å². The maximum Gasteiger partial charge on any atom is 0.0413 e. The molecule has 2 aromatic carbocycles. The van der Waals surface area contributed by atoms with Crippen molar-refractivity contribution in [3.63, 3.8) is 0 Å². The highest BCUT2D eigenvalue weighted by Gasteiger charge is 2.70. The lowest BCUT2D eigenvalue weighted by molar-refractivity contribution is -0.0114. The lowest BCUT2D eigenvalue weighted by Gasteiger charge is -2.70. The smallest absolute Gasteiger partial charge is 0.0413 e. The van der Waals surface area contributed by atoms with Gasteiger partial charge in [0.05, 0.1) is 0 Å². The van der Waals surface area contributed by atoms with Gasteiger partial charge in [0, 0.05) is 17.3 Å². The number of nitrogens with zero attached hydrogens (tertiary/aromatic N) is 1. The van der Waals surface area contributed by atoms with Crippen molar-refractivity contribution < 1.29 is 0 Å². The molecule has 2 aromatic rings. The first-order valence-electron chi connectivity index (χ1n) is 11.3. The fourth-order valence-electron chi connectivity index (χ4n) is 7.83. The highest BCUT2D eigenvalue weighted by molar-refractivity contribution is 5.73. The van der Waals surface area contributed by atoms with Gasteiger partial charge in [-0.25, -0.2) is 0 Å². The lowest BCUT2D eigenvalue weighted by Crippen LogP contribution is -2.72. The highest BCUT2D eigenvalue weighted by Crippen LogP contribution is 2.73. The predicted octanol–water partition coefficient (Wildman–Crippen LogP) is 6.95. The van der Waals surface area contributed by atoms with Crippen LogP contribution < -0.4 is 4.90 Å². The second-order valence-electron chi connectivity index (χ2n) is 11.3. The Morgan fingerprint density at radius 2 is 1.43 bits per heavy atom. The topological polar surface area (TPSA) is 3.24 Å². The number of rotatable bonds is 1. The molecule has 2 aliphatic carbocycles. The molecule has 2 bridgehead atoms. The van der Waals surface area contributed by atoms with E-state index in [9.17, 15) is 0 Å². The Bertz CT molecular complexity index is 947. The molecule has 2 saturated carbocycles. The average molecular weight is 372 g/mol. The minimum atomic E-state index is 0.200. The first-order valence-corrected chi connectivity index (χ1v) is 11.3. The van der Waals surface area contributed by atoms with Crippen molar-refractivity contribution in [1.29, 1.82) is 0 Å². The third-order valence-corrected chi connectivity index (χ3v) is 9.95. The molecule has 0 radical (unpaired) electrons. The van der Waals surface area contributed by atoms with Crippen molar-refractivity contribution in [1.82, 2.24) is 0 Å². The molecule has 28 heavy (non-hydrogen) atoms. The van der Waals surface area contributed by atoms with Crippen LogP contribution in [0.3, 0.4) is 0 Å². The molecule has 0 N–H and O–H groups in total. The average Bonchev–Trinajstić information content (AvgIpc) is 3.02. The van der Waals surface area contributed by atoms with Gasteiger partial charge in [0.2, 0.25) is 0 Å². The number of hydrogen-bond donors (Lipinski definition) is 0. The third kappa shape index (κ3) is 1.80. The molecule has 3 aliphatic heterocycles. The van der Waals surface area contributed by atoms with Gasteiger partial charge in [0.25, 0.3) is 0 Å². The van der Waals surface area contributed by atoms with E-state index in [1.165, 1.54) is 49.7 Å². The van der Waals surface area contributed by atoms with Crippen LogP contribution in [0.2, 0.25) is 0 Å². The van der Waals surface area contributed by atoms with E-state index < -0.39 is 0 Å². The molecule has 1 nitrogen and oxygen atoms in total. The fraction of sp³-hybridized carbons (Fsp3) is 0.556. The number of piperidine rings is 2. The van der Waals surface area contributed by atoms with Crippen LogP contribution in [0.5, 0.6) is 0 Å². The number of benzene rings is 2. The fourth-order valence-corrected chi connectivity index (χ4v) is 7.83. The van der Waals surface area contributed by atoms with E-state index in [0.717, 1.165) is 6.04 Å². The van der Waals surface area contributed by atoms with Crippen LogP contribution in [0.1, 0.15) is 71.8 Å². The van der Waals surface area contributed by atoms with Crippen molar-refractivity contribution in [3.05, 3.63) is 54.1 Å². The van der Waals surface area contributed by atoms with Crippen LogP contribution in [-0.2, 0) is 5.41 Å². The van der Waals surface area contributed by atoms with Gasteiger partial charge in [-0.05, 0) is 90.5 Å². The van der Waals surface area contributed by atoms with Gasteiger partial charge in [0.15, 0.2) is 0 Å². The monoisotopic (exact) mass is 371 g/mol. The molecule has 0 amide bonds. The quantitative estimate of drug-likeness (QED) is 0.524. The highest BCUT2D eigenvalue weighted by atomic mass is 15.3. The molecule has 7 rings (SSSR count). The largest absolute Gasteiger partial charge is 0.362 e. The van der Waals surface area contributed by atoms with Gasteiger partial charge in [-0.15, -0.1) is 0 Å². The molecule has 0 aromatic heterocycles. The maximum atomic E-state index is 2.95. The molecule has 3 heterocycles. The van der Waals surface area contributed by atoms with Gasteiger partial charge in [-0.2, -0.15) is 0 Å². The second kappa shape index (κ2) is 5.04. The van der Waals surface area contributed by atoms with E-state index in [0.29, 0.717) is 16.4 Å². The van der Waals surface area contributed by atoms with E-state index in [1.807, 2.05) is 0 Å². The zero-order valence-corrected chi connectivity index (χ0v) is 17.9. The third-order valence-electron chi connectivity index (χ3n) is 9.95. The van der Waals surface area contributed by atoms with Crippen LogP contribution in [-0.4, -0.2) is 11.6 Å². The van der Waals surface area contributed by atoms with Crippen molar-refractivity contribution in [2.45, 2.75) is 83.2 Å². The minimum absolute atomic E-state index is 0.200. The van der Waals surface area contributed by atoms with Crippen LogP contribution in [0.25, 0.3) is 11.1 Å². The summed E-state index contributed by atoms with van der Waals surface area (Å²) < 4.78 is 0. The SMILES string of the molecule is CC12CCC3(CC1)CCC1(C)C3N2c2ccc(-c3ccccc3)cc2C1(C)C. The van der Waals surface area contributed by atoms with Crippen molar-refractivity contribution >= 4 is 5.69 Å². The normalized spacial score (nSPS) is 39.6. The molecule has 146 valence electrons. The van der Waals surface area contributed by atoms with Gasteiger partial charge in [0.1, 0.15) is 0 Å². The van der Waals surface area contributed by atoms with Crippen molar-refractivity contribution in [2.24, 2.45) is 10.8 Å². The second-order valence-corrected chi connectivity index (χ2v) is 11.3. The zero-order valence-electron chi connectivity index (χ0n) is 17.9.